The van der Waals surface area contributed by atoms with Crippen LogP contribution in [0.4, 0.5) is 0 Å². The van der Waals surface area contributed by atoms with Gasteiger partial charge in [0.15, 0.2) is 0 Å². The van der Waals surface area contributed by atoms with Crippen molar-refractivity contribution in [3.05, 3.63) is 92.6 Å². The zero-order chi connectivity index (χ0) is 36.9. The van der Waals surface area contributed by atoms with E-state index in [1.54, 1.807) is 23.2 Å². The molecule has 12 nitrogen and oxygen atoms in total. The fourth-order valence-corrected chi connectivity index (χ4v) is 8.52. The Hall–Kier alpha value is -4.75. The van der Waals surface area contributed by atoms with Crippen LogP contribution in [0.2, 0.25) is 10.0 Å². The van der Waals surface area contributed by atoms with Gasteiger partial charge in [0.2, 0.25) is 17.7 Å². The van der Waals surface area contributed by atoms with E-state index in [4.69, 9.17) is 38.0 Å². The molecule has 2 aromatic carbocycles. The van der Waals surface area contributed by atoms with Crippen molar-refractivity contribution in [2.45, 2.75) is 69.2 Å². The van der Waals surface area contributed by atoms with Gasteiger partial charge in [0.1, 0.15) is 11.3 Å². The lowest BCUT2D eigenvalue weighted by Crippen LogP contribution is -2.59. The molecule has 4 N–H and O–H groups in total. The summed E-state index contributed by atoms with van der Waals surface area (Å²) in [5, 5.41) is 18.8. The van der Waals surface area contributed by atoms with Gasteiger partial charge in [-0.05, 0) is 37.8 Å². The van der Waals surface area contributed by atoms with Crippen molar-refractivity contribution in [1.82, 2.24) is 40.4 Å². The Kier molecular flexibility index (Phi) is 9.48. The van der Waals surface area contributed by atoms with Gasteiger partial charge in [-0.2, -0.15) is 5.10 Å². The number of carbonyl (C=O) groups excluding carboxylic acids is 2. The zero-order valence-corrected chi connectivity index (χ0v) is 31.0. The fraction of sp³-hybridized carbons (Fsp3) is 0.359. The minimum absolute atomic E-state index is 0.0711. The fourth-order valence-electron chi connectivity index (χ4n) is 7.86. The molecule has 1 saturated carbocycles. The summed E-state index contributed by atoms with van der Waals surface area (Å²) in [7, 11) is 3.32. The van der Waals surface area contributed by atoms with Crippen molar-refractivity contribution in [3.8, 4) is 39.4 Å². The molecule has 0 unspecified atom stereocenters. The normalized spacial score (nSPS) is 20.9. The maximum Gasteiger partial charge on any atom is 0.277 e. The molecule has 5 aromatic rings. The number of hydrogen-bond donors (Lipinski definition) is 4. The molecule has 8 rings (SSSR count). The second-order valence-electron chi connectivity index (χ2n) is 14.3. The van der Waals surface area contributed by atoms with E-state index in [2.05, 4.69) is 21.3 Å². The largest absolute Gasteiger partial charge is 0.481 e. The first-order valence-corrected chi connectivity index (χ1v) is 18.6. The number of nitrogens with zero attached hydrogens (tertiary/aromatic N) is 4. The molecular formula is C39H40Cl2N8O4. The van der Waals surface area contributed by atoms with Gasteiger partial charge < -0.3 is 26.0 Å². The van der Waals surface area contributed by atoms with Gasteiger partial charge in [-0.1, -0.05) is 65.7 Å². The summed E-state index contributed by atoms with van der Waals surface area (Å²) in [5.41, 5.74) is 5.45. The quantitative estimate of drug-likeness (QED) is 0.147. The molecule has 3 aliphatic rings. The highest BCUT2D eigenvalue weighted by Crippen LogP contribution is 2.43. The van der Waals surface area contributed by atoms with E-state index in [0.717, 1.165) is 59.1 Å². The van der Waals surface area contributed by atoms with Crippen LogP contribution in [0.15, 0.2) is 65.6 Å². The number of ether oxygens (including phenoxy) is 1. The number of amides is 2. The molecule has 1 atom stereocenters. The molecule has 3 aromatic heterocycles. The molecule has 2 aliphatic heterocycles. The molecule has 5 heterocycles. The van der Waals surface area contributed by atoms with Crippen molar-refractivity contribution >= 4 is 40.5 Å². The Bertz CT molecular complexity index is 2320. The lowest BCUT2D eigenvalue weighted by Gasteiger charge is -2.45. The number of rotatable bonds is 11. The summed E-state index contributed by atoms with van der Waals surface area (Å²) < 4.78 is 8.85. The Labute approximate surface area is 316 Å². The second kappa shape index (κ2) is 14.2. The minimum Gasteiger partial charge on any atom is -0.481 e. The van der Waals surface area contributed by atoms with E-state index in [1.165, 1.54) is 0 Å². The number of fused-ring (bicyclic) bond motifs is 1. The van der Waals surface area contributed by atoms with Crippen LogP contribution in [0.1, 0.15) is 49.9 Å². The molecule has 0 radical (unpaired) electrons. The summed E-state index contributed by atoms with van der Waals surface area (Å²) in [6.45, 7) is 1.63. The van der Waals surface area contributed by atoms with Crippen molar-refractivity contribution in [3.63, 3.8) is 0 Å². The highest BCUT2D eigenvalue weighted by atomic mass is 35.5. The van der Waals surface area contributed by atoms with Crippen LogP contribution in [0.25, 0.3) is 39.0 Å². The third-order valence-corrected chi connectivity index (χ3v) is 11.6. The van der Waals surface area contributed by atoms with Gasteiger partial charge in [-0.15, -0.1) is 0 Å². The third-order valence-electron chi connectivity index (χ3n) is 10.8. The highest BCUT2D eigenvalue weighted by molar-refractivity contribution is 6.39. The number of methoxy groups -OCH3 is 1. The number of pyridine rings is 1. The van der Waals surface area contributed by atoms with Gasteiger partial charge in [-0.25, -0.2) is 9.50 Å². The van der Waals surface area contributed by atoms with E-state index < -0.39 is 0 Å². The number of nitrogens with one attached hydrogen (secondary N) is 4. The maximum absolute atomic E-state index is 13.5. The van der Waals surface area contributed by atoms with E-state index >= 15 is 0 Å². The van der Waals surface area contributed by atoms with E-state index in [1.807, 2.05) is 60.8 Å². The summed E-state index contributed by atoms with van der Waals surface area (Å²) >= 11 is 14.3. The summed E-state index contributed by atoms with van der Waals surface area (Å²) in [4.78, 5) is 41.5. The number of hydrogen-bond acceptors (Lipinski definition) is 8. The van der Waals surface area contributed by atoms with Crippen molar-refractivity contribution in [2.24, 2.45) is 7.05 Å². The van der Waals surface area contributed by atoms with Gasteiger partial charge >= 0.3 is 0 Å². The molecule has 2 amide bonds. The molecule has 0 bridgehead atoms. The first-order valence-electron chi connectivity index (χ1n) is 17.9. The lowest BCUT2D eigenvalue weighted by atomic mass is 9.72. The summed E-state index contributed by atoms with van der Waals surface area (Å²) in [6, 6.07) is 17.6. The predicted molar refractivity (Wildman–Crippen MR) is 204 cm³/mol. The topological polar surface area (TPSA) is 144 Å². The summed E-state index contributed by atoms with van der Waals surface area (Å²) in [6.07, 6.45) is 6.44. The minimum atomic E-state index is -0.161. The lowest BCUT2D eigenvalue weighted by molar-refractivity contribution is -0.120. The Balaban J connectivity index is 1.02. The van der Waals surface area contributed by atoms with Crippen LogP contribution in [0, 0.1) is 0 Å². The molecule has 14 heteroatoms. The van der Waals surface area contributed by atoms with Crippen molar-refractivity contribution in [2.75, 3.05) is 13.7 Å². The standard InChI is InChI=1S/C39H40Cl2N8O4/c1-48-32(20-43-25-16-39(17-25)14-13-34(51)46-39)47-49-21-23(15-31(49)38(48)52)26-5-3-6-27(35(26)40)28-7-4-8-29(36(28)41)30-11-9-22(37(45-30)53-2)18-42-19-24-10-12-33(50)44-24/h3-9,11,15,21,24-25,42-43H,10,12-14,16-20H2,1-2H3,(H,44,50)(H,46,51)/t24-,25?,39?/m0/s1. The van der Waals surface area contributed by atoms with E-state index in [9.17, 15) is 14.4 Å². The summed E-state index contributed by atoms with van der Waals surface area (Å²) in [5.74, 6) is 1.32. The Morgan fingerprint density at radius 3 is 2.38 bits per heavy atom. The predicted octanol–water partition coefficient (Wildman–Crippen LogP) is 5.01. The second-order valence-corrected chi connectivity index (χ2v) is 15.0. The first-order chi connectivity index (χ1) is 25.6. The molecule has 53 heavy (non-hydrogen) atoms. The average Bonchev–Trinajstić information content (AvgIpc) is 3.87. The monoisotopic (exact) mass is 754 g/mol. The SMILES string of the molecule is COc1nc(-c2cccc(-c3cccc(-c4cc5c(=O)n(C)c(CNC6CC7(CCC(=O)N7)C6)nn5c4)c3Cl)c2Cl)ccc1CNC[C@@H]1CCC(=O)N1. The number of aromatic nitrogens is 4. The van der Waals surface area contributed by atoms with Crippen LogP contribution >= 0.6 is 23.2 Å². The average molecular weight is 756 g/mol. The zero-order valence-electron chi connectivity index (χ0n) is 29.5. The Morgan fingerprint density at radius 2 is 1.68 bits per heavy atom. The molecule has 2 saturated heterocycles. The van der Waals surface area contributed by atoms with Crippen LogP contribution in [0.3, 0.4) is 0 Å². The number of halogens is 2. The van der Waals surface area contributed by atoms with Crippen molar-refractivity contribution in [1.29, 1.82) is 0 Å². The van der Waals surface area contributed by atoms with Gasteiger partial charge in [0.05, 0.1) is 29.4 Å². The van der Waals surface area contributed by atoms with E-state index in [-0.39, 0.29) is 35.0 Å². The van der Waals surface area contributed by atoms with Gasteiger partial charge in [0.25, 0.3) is 5.56 Å². The highest BCUT2D eigenvalue weighted by Gasteiger charge is 2.48. The Morgan fingerprint density at radius 1 is 0.943 bits per heavy atom. The van der Waals surface area contributed by atoms with Crippen molar-refractivity contribution < 1.29 is 14.3 Å². The smallest absolute Gasteiger partial charge is 0.277 e. The molecule has 1 aliphatic carbocycles. The third kappa shape index (κ3) is 6.80. The number of benzene rings is 2. The van der Waals surface area contributed by atoms with Gasteiger partial charge in [-0.3, -0.25) is 19.0 Å². The molecule has 274 valence electrons. The van der Waals surface area contributed by atoms with E-state index in [0.29, 0.717) is 65.4 Å². The van der Waals surface area contributed by atoms with Crippen LogP contribution in [-0.2, 0) is 29.7 Å². The van der Waals surface area contributed by atoms with Crippen LogP contribution in [0.5, 0.6) is 5.88 Å². The van der Waals surface area contributed by atoms with Crippen LogP contribution in [-0.4, -0.2) is 62.3 Å². The van der Waals surface area contributed by atoms with Gasteiger partial charge in [0, 0.05) is 90.2 Å². The molecular weight excluding hydrogens is 715 g/mol. The van der Waals surface area contributed by atoms with Crippen LogP contribution < -0.4 is 31.6 Å². The number of carbonyl (C=O) groups is 2. The molecule has 1 spiro atoms. The maximum atomic E-state index is 13.5. The molecule has 3 fully saturated rings. The first kappa shape index (κ1) is 35.3.